The van der Waals surface area contributed by atoms with Gasteiger partial charge in [0.05, 0.1) is 32.6 Å². The van der Waals surface area contributed by atoms with Gasteiger partial charge in [0.1, 0.15) is 12.4 Å². The number of hydrogen-bond donors (Lipinski definition) is 0. The molecule has 0 saturated carbocycles. The molecule has 0 saturated heterocycles. The van der Waals surface area contributed by atoms with E-state index in [2.05, 4.69) is 5.10 Å². The fourth-order valence-electron chi connectivity index (χ4n) is 4.17. The molecule has 37 heavy (non-hydrogen) atoms. The lowest BCUT2D eigenvalue weighted by atomic mass is 9.91. The van der Waals surface area contributed by atoms with E-state index in [0.717, 1.165) is 11.1 Å². The molecule has 2 amide bonds. The second kappa shape index (κ2) is 12.2. The Morgan fingerprint density at radius 1 is 1.05 bits per heavy atom. The molecule has 200 valence electrons. The Kier molecular flexibility index (Phi) is 9.26. The van der Waals surface area contributed by atoms with Crippen molar-refractivity contribution in [2.45, 2.75) is 39.7 Å². The quantitative estimate of drug-likeness (QED) is 0.470. The van der Waals surface area contributed by atoms with Crippen LogP contribution in [0.1, 0.15) is 50.8 Å². The zero-order valence-electron chi connectivity index (χ0n) is 22.4. The summed E-state index contributed by atoms with van der Waals surface area (Å²) in [6.45, 7) is 6.41. The molecule has 1 atom stereocenters. The van der Waals surface area contributed by atoms with E-state index < -0.39 is 6.04 Å². The van der Waals surface area contributed by atoms with Crippen molar-refractivity contribution < 1.29 is 28.2 Å². The average molecular weight is 514 g/mol. The zero-order chi connectivity index (χ0) is 27.2. The molecule has 0 N–H and O–H groups in total. The molecule has 0 radical (unpaired) electrons. The summed E-state index contributed by atoms with van der Waals surface area (Å²) in [5, 5.41) is 6.07. The molecule has 8 nitrogen and oxygen atoms in total. The molecule has 3 rings (SSSR count). The topological polar surface area (TPSA) is 80.7 Å². The molecule has 1 heterocycles. The van der Waals surface area contributed by atoms with Crippen LogP contribution < -0.4 is 9.47 Å². The highest BCUT2D eigenvalue weighted by Crippen LogP contribution is 2.37. The number of benzene rings is 2. The smallest absolute Gasteiger partial charge is 0.262 e. The molecule has 2 aromatic carbocycles. The molecule has 1 aliphatic rings. The summed E-state index contributed by atoms with van der Waals surface area (Å²) in [6.07, 6.45) is 0.716. The number of nitrogens with zero attached hydrogens (tertiary/aromatic N) is 3. The standard InChI is InChI=1S/C28H36FN3O5/c1-28(2,3)17-26(33)31(13-14-35-4)18-27(34)32-23(20-9-12-24(36-5)25(15-20)37-6)16-22(30-32)19-7-10-21(29)11-8-19/h7-12,15,23H,13-14,16-18H2,1-6H3/t23-/m1/s1. The minimum absolute atomic E-state index is 0.123. The van der Waals surface area contributed by atoms with Crippen LogP contribution in [0.3, 0.4) is 0 Å². The number of carbonyl (C=O) groups is 2. The first-order valence-electron chi connectivity index (χ1n) is 12.2. The van der Waals surface area contributed by atoms with E-state index in [1.807, 2.05) is 32.9 Å². The van der Waals surface area contributed by atoms with Gasteiger partial charge in [-0.25, -0.2) is 9.40 Å². The van der Waals surface area contributed by atoms with E-state index in [-0.39, 0.29) is 29.6 Å². The largest absolute Gasteiger partial charge is 0.493 e. The van der Waals surface area contributed by atoms with Gasteiger partial charge in [0.15, 0.2) is 11.5 Å². The van der Waals surface area contributed by atoms with Gasteiger partial charge in [-0.2, -0.15) is 5.10 Å². The van der Waals surface area contributed by atoms with Crippen molar-refractivity contribution in [2.75, 3.05) is 41.0 Å². The van der Waals surface area contributed by atoms with Crippen LogP contribution in [-0.2, 0) is 14.3 Å². The lowest BCUT2D eigenvalue weighted by Gasteiger charge is -2.29. The van der Waals surface area contributed by atoms with Crippen molar-refractivity contribution >= 4 is 17.5 Å². The number of rotatable bonds is 10. The number of carbonyl (C=O) groups excluding carboxylic acids is 2. The van der Waals surface area contributed by atoms with Crippen LogP contribution in [0, 0.1) is 11.2 Å². The van der Waals surface area contributed by atoms with Gasteiger partial charge in [-0.3, -0.25) is 9.59 Å². The second-order valence-corrected chi connectivity index (χ2v) is 10.2. The Balaban J connectivity index is 1.94. The minimum Gasteiger partial charge on any atom is -0.493 e. The van der Waals surface area contributed by atoms with Crippen LogP contribution in [0.15, 0.2) is 47.6 Å². The molecule has 0 fully saturated rings. The molecule has 0 aromatic heterocycles. The normalized spacial score (nSPS) is 15.4. The first-order valence-corrected chi connectivity index (χ1v) is 12.2. The van der Waals surface area contributed by atoms with Crippen molar-refractivity contribution in [3.8, 4) is 11.5 Å². The summed E-state index contributed by atoms with van der Waals surface area (Å²) in [7, 11) is 4.66. The monoisotopic (exact) mass is 513 g/mol. The first-order chi connectivity index (χ1) is 17.6. The SMILES string of the molecule is COCCN(CC(=O)N1N=C(c2ccc(F)cc2)C[C@@H]1c1ccc(OC)c(OC)c1)C(=O)CC(C)(C)C. The van der Waals surface area contributed by atoms with Crippen LogP contribution in [0.4, 0.5) is 4.39 Å². The second-order valence-electron chi connectivity index (χ2n) is 10.2. The highest BCUT2D eigenvalue weighted by Gasteiger charge is 2.35. The fraction of sp³-hybridized carbons (Fsp3) is 0.464. The molecule has 0 aliphatic carbocycles. The van der Waals surface area contributed by atoms with E-state index >= 15 is 0 Å². The zero-order valence-corrected chi connectivity index (χ0v) is 22.4. The maximum Gasteiger partial charge on any atom is 0.262 e. The molecule has 0 unspecified atom stereocenters. The predicted molar refractivity (Wildman–Crippen MR) is 139 cm³/mol. The van der Waals surface area contributed by atoms with E-state index in [1.54, 1.807) is 39.5 Å². The van der Waals surface area contributed by atoms with Gasteiger partial charge < -0.3 is 19.1 Å². The number of hydrogen-bond acceptors (Lipinski definition) is 6. The maximum atomic E-state index is 13.6. The van der Waals surface area contributed by atoms with E-state index in [0.29, 0.717) is 43.2 Å². The highest BCUT2D eigenvalue weighted by molar-refractivity contribution is 6.03. The molecule has 0 spiro atoms. The number of methoxy groups -OCH3 is 3. The Morgan fingerprint density at radius 3 is 2.32 bits per heavy atom. The lowest BCUT2D eigenvalue weighted by molar-refractivity contribution is -0.143. The third-order valence-electron chi connectivity index (χ3n) is 6.06. The van der Waals surface area contributed by atoms with Crippen LogP contribution in [0.25, 0.3) is 0 Å². The third-order valence-corrected chi connectivity index (χ3v) is 6.06. The van der Waals surface area contributed by atoms with Crippen molar-refractivity contribution in [3.05, 3.63) is 59.4 Å². The third kappa shape index (κ3) is 7.29. The Hall–Kier alpha value is -3.46. The lowest BCUT2D eigenvalue weighted by Crippen LogP contribution is -2.43. The Labute approximate surface area is 218 Å². The van der Waals surface area contributed by atoms with Gasteiger partial charge in [-0.1, -0.05) is 39.0 Å². The van der Waals surface area contributed by atoms with E-state index in [9.17, 15) is 14.0 Å². The molecular weight excluding hydrogens is 477 g/mol. The molecular formula is C28H36FN3O5. The highest BCUT2D eigenvalue weighted by atomic mass is 19.1. The summed E-state index contributed by atoms with van der Waals surface area (Å²) in [6, 6.07) is 11.1. The molecule has 1 aliphatic heterocycles. The van der Waals surface area contributed by atoms with E-state index in [1.165, 1.54) is 22.0 Å². The molecule has 2 aromatic rings. The van der Waals surface area contributed by atoms with Crippen molar-refractivity contribution in [2.24, 2.45) is 10.5 Å². The summed E-state index contributed by atoms with van der Waals surface area (Å²) < 4.78 is 29.5. The van der Waals surface area contributed by atoms with Gasteiger partial charge in [0.25, 0.3) is 5.91 Å². The molecule has 9 heteroatoms. The number of ether oxygens (including phenoxy) is 3. The van der Waals surface area contributed by atoms with Crippen molar-refractivity contribution in [1.29, 1.82) is 0 Å². The van der Waals surface area contributed by atoms with Crippen LogP contribution >= 0.6 is 0 Å². The van der Waals surface area contributed by atoms with Crippen LogP contribution in [-0.4, -0.2) is 68.5 Å². The van der Waals surface area contributed by atoms with Crippen LogP contribution in [0.2, 0.25) is 0 Å². The van der Waals surface area contributed by atoms with Gasteiger partial charge >= 0.3 is 0 Å². The number of amides is 2. The summed E-state index contributed by atoms with van der Waals surface area (Å²) >= 11 is 0. The Morgan fingerprint density at radius 2 is 1.73 bits per heavy atom. The van der Waals surface area contributed by atoms with Crippen molar-refractivity contribution in [3.63, 3.8) is 0 Å². The van der Waals surface area contributed by atoms with Gasteiger partial charge in [0.2, 0.25) is 5.91 Å². The minimum atomic E-state index is -0.436. The van der Waals surface area contributed by atoms with Gasteiger partial charge in [0, 0.05) is 26.5 Å². The predicted octanol–water partition coefficient (Wildman–Crippen LogP) is 4.43. The van der Waals surface area contributed by atoms with Crippen LogP contribution in [0.5, 0.6) is 11.5 Å². The summed E-state index contributed by atoms with van der Waals surface area (Å²) in [5.41, 5.74) is 1.95. The van der Waals surface area contributed by atoms with Gasteiger partial charge in [-0.05, 0) is 40.8 Å². The Bertz CT molecular complexity index is 1130. The average Bonchev–Trinajstić information content (AvgIpc) is 3.31. The number of hydrazone groups is 1. The maximum absolute atomic E-state index is 13.6. The first kappa shape index (κ1) is 28.1. The summed E-state index contributed by atoms with van der Waals surface area (Å²) in [5.74, 6) is 0.306. The van der Waals surface area contributed by atoms with Crippen molar-refractivity contribution in [1.82, 2.24) is 9.91 Å². The van der Waals surface area contributed by atoms with E-state index in [4.69, 9.17) is 14.2 Å². The number of halogens is 1. The fourth-order valence-corrected chi connectivity index (χ4v) is 4.17. The summed E-state index contributed by atoms with van der Waals surface area (Å²) in [4.78, 5) is 28.2. The van der Waals surface area contributed by atoms with Gasteiger partial charge in [-0.15, -0.1) is 0 Å². The molecule has 0 bridgehead atoms.